The van der Waals surface area contributed by atoms with Crippen molar-refractivity contribution in [1.82, 2.24) is 15.1 Å². The summed E-state index contributed by atoms with van der Waals surface area (Å²) in [5.41, 5.74) is 0.990. The number of carbonyl (C=O) groups is 2. The number of H-pyrrole nitrogens is 1. The molecule has 0 aliphatic rings. The van der Waals surface area contributed by atoms with Crippen LogP contribution in [0.4, 0.5) is 0 Å². The van der Waals surface area contributed by atoms with Gasteiger partial charge in [-0.25, -0.2) is 0 Å². The van der Waals surface area contributed by atoms with Gasteiger partial charge in [-0.05, 0) is 6.07 Å². The fourth-order valence-corrected chi connectivity index (χ4v) is 1.58. The van der Waals surface area contributed by atoms with Gasteiger partial charge in [-0.3, -0.25) is 14.7 Å². The van der Waals surface area contributed by atoms with Gasteiger partial charge in [0.15, 0.2) is 5.69 Å². The van der Waals surface area contributed by atoms with Gasteiger partial charge in [0, 0.05) is 12.4 Å². The molecule has 0 saturated heterocycles. The second kappa shape index (κ2) is 4.25. The molecule has 17 heavy (non-hydrogen) atoms. The molecule has 0 aliphatic heterocycles. The summed E-state index contributed by atoms with van der Waals surface area (Å²) in [6, 6.07) is 7.19. The zero-order valence-corrected chi connectivity index (χ0v) is 9.17. The summed E-state index contributed by atoms with van der Waals surface area (Å²) in [7, 11) is 1.43. The number of benzene rings is 1. The van der Waals surface area contributed by atoms with Gasteiger partial charge >= 0.3 is 5.97 Å². The SMILES string of the molecule is CN(CC(=O)O)C(=O)c1n[nH]c2ccccc12. The number of aromatic amines is 1. The number of amides is 1. The van der Waals surface area contributed by atoms with Gasteiger partial charge in [0.05, 0.1) is 5.52 Å². The zero-order chi connectivity index (χ0) is 12.4. The number of carbonyl (C=O) groups excluding carboxylic acids is 1. The molecule has 1 heterocycles. The highest BCUT2D eigenvalue weighted by molar-refractivity contribution is 6.05. The first-order chi connectivity index (χ1) is 8.09. The third kappa shape index (κ3) is 2.10. The van der Waals surface area contributed by atoms with E-state index in [2.05, 4.69) is 10.2 Å². The van der Waals surface area contributed by atoms with Gasteiger partial charge in [0.1, 0.15) is 6.54 Å². The van der Waals surface area contributed by atoms with Gasteiger partial charge in [0.2, 0.25) is 0 Å². The lowest BCUT2D eigenvalue weighted by Crippen LogP contribution is -2.32. The Bertz CT molecular complexity index is 576. The monoisotopic (exact) mass is 233 g/mol. The van der Waals surface area contributed by atoms with Crippen molar-refractivity contribution in [2.45, 2.75) is 0 Å². The highest BCUT2D eigenvalue weighted by Gasteiger charge is 2.19. The number of likely N-dealkylation sites (N-methyl/N-ethyl adjacent to an activating group) is 1. The van der Waals surface area contributed by atoms with E-state index in [1.54, 1.807) is 18.2 Å². The van der Waals surface area contributed by atoms with E-state index >= 15 is 0 Å². The Hall–Kier alpha value is -2.37. The lowest BCUT2D eigenvalue weighted by atomic mass is 10.2. The predicted molar refractivity (Wildman–Crippen MR) is 60.7 cm³/mol. The summed E-state index contributed by atoms with van der Waals surface area (Å²) >= 11 is 0. The molecule has 2 aromatic rings. The summed E-state index contributed by atoms with van der Waals surface area (Å²) in [4.78, 5) is 23.6. The van der Waals surface area contributed by atoms with Gasteiger partial charge in [0.25, 0.3) is 5.91 Å². The molecule has 1 amide bonds. The quantitative estimate of drug-likeness (QED) is 0.817. The minimum Gasteiger partial charge on any atom is -0.480 e. The normalized spacial score (nSPS) is 10.4. The smallest absolute Gasteiger partial charge is 0.323 e. The molecule has 0 unspecified atom stereocenters. The standard InChI is InChI=1S/C11H11N3O3/c1-14(6-9(15)16)11(17)10-7-4-2-3-5-8(7)12-13-10/h2-5H,6H2,1H3,(H,12,13)(H,15,16). The number of aromatic nitrogens is 2. The van der Waals surface area contributed by atoms with Crippen LogP contribution in [0.2, 0.25) is 0 Å². The van der Waals surface area contributed by atoms with Crippen LogP contribution in [0, 0.1) is 0 Å². The van der Waals surface area contributed by atoms with E-state index in [9.17, 15) is 9.59 Å². The molecule has 2 rings (SSSR count). The number of para-hydroxylation sites is 1. The number of fused-ring (bicyclic) bond motifs is 1. The molecular formula is C11H11N3O3. The van der Waals surface area contributed by atoms with Crippen LogP contribution in [0.3, 0.4) is 0 Å². The van der Waals surface area contributed by atoms with Crippen molar-refractivity contribution < 1.29 is 14.7 Å². The van der Waals surface area contributed by atoms with Crippen LogP contribution in [0.25, 0.3) is 10.9 Å². The zero-order valence-electron chi connectivity index (χ0n) is 9.17. The Morgan fingerprint density at radius 3 is 2.82 bits per heavy atom. The van der Waals surface area contributed by atoms with Crippen molar-refractivity contribution in [2.24, 2.45) is 0 Å². The molecule has 0 spiro atoms. The van der Waals surface area contributed by atoms with Crippen molar-refractivity contribution in [3.63, 3.8) is 0 Å². The highest BCUT2D eigenvalue weighted by atomic mass is 16.4. The first kappa shape index (κ1) is 11.1. The average molecular weight is 233 g/mol. The number of carboxylic acid groups (broad SMARTS) is 1. The number of nitrogens with zero attached hydrogens (tertiary/aromatic N) is 2. The molecule has 1 aromatic heterocycles. The predicted octanol–water partition coefficient (Wildman–Crippen LogP) is 0.719. The Morgan fingerprint density at radius 1 is 1.41 bits per heavy atom. The molecule has 0 saturated carbocycles. The van der Waals surface area contributed by atoms with E-state index in [-0.39, 0.29) is 12.2 Å². The topological polar surface area (TPSA) is 86.3 Å². The second-order valence-corrected chi connectivity index (χ2v) is 3.67. The van der Waals surface area contributed by atoms with E-state index in [4.69, 9.17) is 5.11 Å². The molecule has 1 aromatic carbocycles. The minimum absolute atomic E-state index is 0.240. The molecule has 0 aliphatic carbocycles. The van der Waals surface area contributed by atoms with Crippen LogP contribution in [0.1, 0.15) is 10.5 Å². The molecule has 88 valence electrons. The van der Waals surface area contributed by atoms with Crippen LogP contribution < -0.4 is 0 Å². The number of hydrogen-bond acceptors (Lipinski definition) is 3. The Morgan fingerprint density at radius 2 is 2.12 bits per heavy atom. The van der Waals surface area contributed by atoms with Crippen molar-refractivity contribution in [2.75, 3.05) is 13.6 Å². The van der Waals surface area contributed by atoms with Gasteiger partial charge in [-0.15, -0.1) is 0 Å². The molecule has 0 fully saturated rings. The maximum atomic E-state index is 11.9. The maximum absolute atomic E-state index is 11.9. The van der Waals surface area contributed by atoms with Crippen LogP contribution in [-0.2, 0) is 4.79 Å². The summed E-state index contributed by atoms with van der Waals surface area (Å²) in [5.74, 6) is -1.47. The molecule has 0 radical (unpaired) electrons. The molecular weight excluding hydrogens is 222 g/mol. The van der Waals surface area contributed by atoms with E-state index in [0.717, 1.165) is 10.4 Å². The van der Waals surface area contributed by atoms with Crippen LogP contribution in [-0.4, -0.2) is 45.7 Å². The lowest BCUT2D eigenvalue weighted by Gasteiger charge is -2.12. The van der Waals surface area contributed by atoms with Gasteiger partial charge in [-0.2, -0.15) is 5.10 Å². The maximum Gasteiger partial charge on any atom is 0.323 e. The third-order valence-corrected chi connectivity index (χ3v) is 2.39. The number of hydrogen-bond donors (Lipinski definition) is 2. The molecule has 0 atom stereocenters. The third-order valence-electron chi connectivity index (χ3n) is 2.39. The first-order valence-corrected chi connectivity index (χ1v) is 5.00. The number of aliphatic carboxylic acids is 1. The molecule has 6 nitrogen and oxygen atoms in total. The summed E-state index contributed by atoms with van der Waals surface area (Å²) in [5, 5.41) is 16.0. The minimum atomic E-state index is -1.05. The van der Waals surface area contributed by atoms with Crippen LogP contribution >= 0.6 is 0 Å². The molecule has 0 bridgehead atoms. The largest absolute Gasteiger partial charge is 0.480 e. The van der Waals surface area contributed by atoms with E-state index in [0.29, 0.717) is 5.39 Å². The summed E-state index contributed by atoms with van der Waals surface area (Å²) in [6.45, 7) is -0.347. The van der Waals surface area contributed by atoms with Crippen LogP contribution in [0.15, 0.2) is 24.3 Å². The van der Waals surface area contributed by atoms with Gasteiger partial charge < -0.3 is 10.0 Å². The first-order valence-electron chi connectivity index (χ1n) is 5.00. The van der Waals surface area contributed by atoms with Crippen molar-refractivity contribution in [3.05, 3.63) is 30.0 Å². The molecule has 6 heteroatoms. The van der Waals surface area contributed by atoms with E-state index in [1.807, 2.05) is 6.07 Å². The number of nitrogens with one attached hydrogen (secondary N) is 1. The van der Waals surface area contributed by atoms with Gasteiger partial charge in [-0.1, -0.05) is 18.2 Å². The van der Waals surface area contributed by atoms with Crippen molar-refractivity contribution >= 4 is 22.8 Å². The van der Waals surface area contributed by atoms with E-state index < -0.39 is 11.9 Å². The van der Waals surface area contributed by atoms with Crippen molar-refractivity contribution in [1.29, 1.82) is 0 Å². The number of rotatable bonds is 3. The number of carboxylic acids is 1. The second-order valence-electron chi connectivity index (χ2n) is 3.67. The summed E-state index contributed by atoms with van der Waals surface area (Å²) < 4.78 is 0. The Balaban J connectivity index is 2.33. The lowest BCUT2D eigenvalue weighted by molar-refractivity contribution is -0.137. The highest BCUT2D eigenvalue weighted by Crippen LogP contribution is 2.16. The fourth-order valence-electron chi connectivity index (χ4n) is 1.58. The summed E-state index contributed by atoms with van der Waals surface area (Å²) in [6.07, 6.45) is 0. The van der Waals surface area contributed by atoms with Crippen molar-refractivity contribution in [3.8, 4) is 0 Å². The van der Waals surface area contributed by atoms with E-state index in [1.165, 1.54) is 7.05 Å². The molecule has 2 N–H and O–H groups in total. The fraction of sp³-hybridized carbons (Fsp3) is 0.182. The Labute approximate surface area is 96.8 Å². The average Bonchev–Trinajstić information content (AvgIpc) is 2.70. The Kier molecular flexibility index (Phi) is 2.78. The van der Waals surface area contributed by atoms with Crippen LogP contribution in [0.5, 0.6) is 0 Å².